The Labute approximate surface area is 125 Å². The fourth-order valence-corrected chi connectivity index (χ4v) is 2.34. The molecule has 1 aliphatic heterocycles. The Morgan fingerprint density at radius 3 is 2.90 bits per heavy atom. The number of hydrogen-bond donors (Lipinski definition) is 2. The molecule has 1 saturated heterocycles. The standard InChI is InChI=1S/C13H15ClF2N2O3/c14-10-6-8(3-4-11(10)21-12(15)16)17-13(20)18-5-1-2-9(19)7-18/h3-4,6,9,12,19H,1-2,5,7H2,(H,17,20). The molecule has 8 heteroatoms. The molecule has 21 heavy (non-hydrogen) atoms. The summed E-state index contributed by atoms with van der Waals surface area (Å²) < 4.78 is 28.4. The van der Waals surface area contributed by atoms with Crippen LogP contribution < -0.4 is 10.1 Å². The van der Waals surface area contributed by atoms with Crippen molar-refractivity contribution in [1.29, 1.82) is 0 Å². The smallest absolute Gasteiger partial charge is 0.387 e. The summed E-state index contributed by atoms with van der Waals surface area (Å²) >= 11 is 5.80. The van der Waals surface area contributed by atoms with Crippen LogP contribution in [0.1, 0.15) is 12.8 Å². The molecule has 1 aromatic rings. The zero-order valence-corrected chi connectivity index (χ0v) is 11.8. The van der Waals surface area contributed by atoms with Crippen LogP contribution in [-0.4, -0.2) is 41.8 Å². The van der Waals surface area contributed by atoms with E-state index in [4.69, 9.17) is 11.6 Å². The van der Waals surface area contributed by atoms with Gasteiger partial charge in [0.05, 0.1) is 11.1 Å². The molecule has 1 aliphatic rings. The first kappa shape index (κ1) is 15.8. The maximum atomic E-state index is 12.1. The van der Waals surface area contributed by atoms with E-state index in [2.05, 4.69) is 10.1 Å². The molecule has 0 bridgehead atoms. The van der Waals surface area contributed by atoms with Gasteiger partial charge in [-0.05, 0) is 31.0 Å². The summed E-state index contributed by atoms with van der Waals surface area (Å²) in [6.07, 6.45) is 0.890. The predicted molar refractivity (Wildman–Crippen MR) is 73.9 cm³/mol. The molecular formula is C13H15ClF2N2O3. The van der Waals surface area contributed by atoms with Gasteiger partial charge in [0.2, 0.25) is 0 Å². The molecule has 0 spiro atoms. The molecule has 0 aliphatic carbocycles. The topological polar surface area (TPSA) is 61.8 Å². The summed E-state index contributed by atoms with van der Waals surface area (Å²) in [5, 5.41) is 12.1. The number of anilines is 1. The minimum Gasteiger partial charge on any atom is -0.433 e. The average Bonchev–Trinajstić information content (AvgIpc) is 2.41. The molecule has 0 aromatic heterocycles. The Morgan fingerprint density at radius 1 is 1.52 bits per heavy atom. The molecule has 1 unspecified atom stereocenters. The quantitative estimate of drug-likeness (QED) is 0.900. The third kappa shape index (κ3) is 4.44. The summed E-state index contributed by atoms with van der Waals surface area (Å²) in [7, 11) is 0. The van der Waals surface area contributed by atoms with Gasteiger partial charge in [0, 0.05) is 18.8 Å². The number of ether oxygens (including phenoxy) is 1. The molecule has 116 valence electrons. The molecule has 1 atom stereocenters. The highest BCUT2D eigenvalue weighted by molar-refractivity contribution is 6.32. The fraction of sp³-hybridized carbons (Fsp3) is 0.462. The number of hydrogen-bond acceptors (Lipinski definition) is 3. The lowest BCUT2D eigenvalue weighted by Gasteiger charge is -2.30. The number of alkyl halides is 2. The number of nitrogens with one attached hydrogen (secondary N) is 1. The molecule has 5 nitrogen and oxygen atoms in total. The van der Waals surface area contributed by atoms with E-state index in [9.17, 15) is 18.7 Å². The van der Waals surface area contributed by atoms with Crippen molar-refractivity contribution in [1.82, 2.24) is 4.90 Å². The van der Waals surface area contributed by atoms with Crippen molar-refractivity contribution in [3.8, 4) is 5.75 Å². The van der Waals surface area contributed by atoms with E-state index in [0.717, 1.165) is 6.42 Å². The monoisotopic (exact) mass is 320 g/mol. The first-order valence-corrected chi connectivity index (χ1v) is 6.82. The first-order valence-electron chi connectivity index (χ1n) is 6.44. The maximum Gasteiger partial charge on any atom is 0.387 e. The maximum absolute atomic E-state index is 12.1. The van der Waals surface area contributed by atoms with Crippen molar-refractivity contribution in [2.45, 2.75) is 25.6 Å². The van der Waals surface area contributed by atoms with Crippen LogP contribution in [0.25, 0.3) is 0 Å². The van der Waals surface area contributed by atoms with E-state index in [1.54, 1.807) is 0 Å². The zero-order valence-electron chi connectivity index (χ0n) is 11.1. The molecule has 2 N–H and O–H groups in total. The van der Waals surface area contributed by atoms with E-state index in [0.29, 0.717) is 18.7 Å². The number of aliphatic hydroxyl groups excluding tert-OH is 1. The number of halogens is 3. The van der Waals surface area contributed by atoms with Gasteiger partial charge in [-0.3, -0.25) is 0 Å². The second-order valence-corrected chi connectivity index (χ2v) is 5.10. The Morgan fingerprint density at radius 2 is 2.29 bits per heavy atom. The summed E-state index contributed by atoms with van der Waals surface area (Å²) in [5.74, 6) is -0.155. The summed E-state index contributed by atoms with van der Waals surface area (Å²) in [6.45, 7) is -2.13. The Hall–Kier alpha value is -1.60. The minimum absolute atomic E-state index is 0.0215. The van der Waals surface area contributed by atoms with Crippen LogP contribution in [0.15, 0.2) is 18.2 Å². The number of amides is 2. The van der Waals surface area contributed by atoms with Crippen molar-refractivity contribution in [2.75, 3.05) is 18.4 Å². The molecule has 1 aromatic carbocycles. The van der Waals surface area contributed by atoms with E-state index in [1.165, 1.54) is 23.1 Å². The van der Waals surface area contributed by atoms with Gasteiger partial charge in [-0.15, -0.1) is 0 Å². The molecule has 2 amide bonds. The zero-order chi connectivity index (χ0) is 15.4. The highest BCUT2D eigenvalue weighted by Gasteiger charge is 2.22. The van der Waals surface area contributed by atoms with Crippen molar-refractivity contribution in [3.63, 3.8) is 0 Å². The Bertz CT molecular complexity index is 516. The highest BCUT2D eigenvalue weighted by Crippen LogP contribution is 2.29. The molecule has 0 saturated carbocycles. The largest absolute Gasteiger partial charge is 0.433 e. The van der Waals surface area contributed by atoms with Crippen LogP contribution in [0.5, 0.6) is 5.75 Å². The van der Waals surface area contributed by atoms with Gasteiger partial charge in [-0.2, -0.15) is 8.78 Å². The van der Waals surface area contributed by atoms with Crippen molar-refractivity contribution in [2.24, 2.45) is 0 Å². The van der Waals surface area contributed by atoms with Gasteiger partial charge in [0.1, 0.15) is 5.75 Å². The summed E-state index contributed by atoms with van der Waals surface area (Å²) in [6, 6.07) is 3.64. The average molecular weight is 321 g/mol. The number of nitrogens with zero attached hydrogens (tertiary/aromatic N) is 1. The molecule has 0 radical (unpaired) electrons. The van der Waals surface area contributed by atoms with Gasteiger partial charge in [-0.25, -0.2) is 4.79 Å². The number of carbonyl (C=O) groups is 1. The summed E-state index contributed by atoms with van der Waals surface area (Å²) in [4.78, 5) is 13.5. The number of urea groups is 1. The van der Waals surface area contributed by atoms with Crippen molar-refractivity contribution >= 4 is 23.3 Å². The normalized spacial score (nSPS) is 18.7. The van der Waals surface area contributed by atoms with Crippen LogP contribution >= 0.6 is 11.6 Å². The third-order valence-electron chi connectivity index (χ3n) is 3.08. The molecule has 2 rings (SSSR count). The number of likely N-dealkylation sites (tertiary alicyclic amines) is 1. The third-order valence-corrected chi connectivity index (χ3v) is 3.38. The second-order valence-electron chi connectivity index (χ2n) is 4.70. The highest BCUT2D eigenvalue weighted by atomic mass is 35.5. The predicted octanol–water partition coefficient (Wildman–Crippen LogP) is 2.93. The number of carbonyl (C=O) groups excluding carboxylic acids is 1. The molecule has 1 heterocycles. The van der Waals surface area contributed by atoms with Gasteiger partial charge >= 0.3 is 12.6 Å². The Balaban J connectivity index is 1.99. The number of piperidine rings is 1. The minimum atomic E-state index is -2.96. The second kappa shape index (κ2) is 6.91. The lowest BCUT2D eigenvalue weighted by atomic mass is 10.1. The van der Waals surface area contributed by atoms with Gasteiger partial charge in [0.15, 0.2) is 0 Å². The lowest BCUT2D eigenvalue weighted by molar-refractivity contribution is -0.0497. The van der Waals surface area contributed by atoms with Crippen LogP contribution in [0.2, 0.25) is 5.02 Å². The van der Waals surface area contributed by atoms with Crippen molar-refractivity contribution < 1.29 is 23.4 Å². The molecular weight excluding hydrogens is 306 g/mol. The van der Waals surface area contributed by atoms with Gasteiger partial charge in [-0.1, -0.05) is 11.6 Å². The van der Waals surface area contributed by atoms with E-state index >= 15 is 0 Å². The lowest BCUT2D eigenvalue weighted by Crippen LogP contribution is -2.44. The number of aliphatic hydroxyl groups is 1. The van der Waals surface area contributed by atoms with Crippen LogP contribution in [0.3, 0.4) is 0 Å². The summed E-state index contributed by atoms with van der Waals surface area (Å²) in [5.41, 5.74) is 0.367. The molecule has 1 fully saturated rings. The van der Waals surface area contributed by atoms with Crippen LogP contribution in [0, 0.1) is 0 Å². The number of β-amino-alcohol motifs (C(OH)–C–C–N with tert-alkyl or cyclic N) is 1. The first-order chi connectivity index (χ1) is 9.95. The number of benzene rings is 1. The number of rotatable bonds is 3. The SMILES string of the molecule is O=C(Nc1ccc(OC(F)F)c(Cl)c1)N1CCCC(O)C1. The van der Waals surface area contributed by atoms with Crippen LogP contribution in [0.4, 0.5) is 19.3 Å². The van der Waals surface area contributed by atoms with E-state index in [1.807, 2.05) is 0 Å². The van der Waals surface area contributed by atoms with E-state index in [-0.39, 0.29) is 23.3 Å². The van der Waals surface area contributed by atoms with Crippen LogP contribution in [-0.2, 0) is 0 Å². The van der Waals surface area contributed by atoms with Gasteiger partial charge in [0.25, 0.3) is 0 Å². The van der Waals surface area contributed by atoms with E-state index < -0.39 is 12.7 Å². The fourth-order valence-electron chi connectivity index (χ4n) is 2.11. The van der Waals surface area contributed by atoms with Crippen molar-refractivity contribution in [3.05, 3.63) is 23.2 Å². The Kier molecular flexibility index (Phi) is 5.19. The van der Waals surface area contributed by atoms with Gasteiger partial charge < -0.3 is 20.1 Å².